The van der Waals surface area contributed by atoms with Crippen LogP contribution in [0.2, 0.25) is 5.02 Å². The summed E-state index contributed by atoms with van der Waals surface area (Å²) in [7, 11) is 0. The van der Waals surface area contributed by atoms with E-state index in [0.29, 0.717) is 11.3 Å². The predicted octanol–water partition coefficient (Wildman–Crippen LogP) is 3.99. The maximum Gasteiger partial charge on any atom is 0.272 e. The van der Waals surface area contributed by atoms with E-state index in [0.717, 1.165) is 0 Å². The summed E-state index contributed by atoms with van der Waals surface area (Å²) in [5.74, 6) is -1.74. The molecule has 126 valence electrons. The molecular weight excluding hydrogens is 345 g/mol. The van der Waals surface area contributed by atoms with Gasteiger partial charge in [0.25, 0.3) is 5.91 Å². The van der Waals surface area contributed by atoms with Crippen molar-refractivity contribution in [1.82, 2.24) is 9.97 Å². The van der Waals surface area contributed by atoms with E-state index in [1.807, 2.05) is 0 Å². The highest BCUT2D eigenvalue weighted by atomic mass is 35.5. The monoisotopic (exact) mass is 357 g/mol. The molecule has 0 aliphatic heterocycles. The highest BCUT2D eigenvalue weighted by Crippen LogP contribution is 2.26. The molecule has 0 bridgehead atoms. The summed E-state index contributed by atoms with van der Waals surface area (Å²) in [6.45, 7) is 1.68. The van der Waals surface area contributed by atoms with Gasteiger partial charge in [0.1, 0.15) is 11.5 Å². The standard InChI is InChI=1S/C18H13ClFN3O2/c1-10-4-5-13(20)15(16(10)19)17(24)11-7-14(22-8-11)18(25)23-12-3-2-6-21-9-12/h2-9,22H,1H3,(H,23,25). The molecule has 2 aromatic heterocycles. The third kappa shape index (κ3) is 3.44. The van der Waals surface area contributed by atoms with Crippen LogP contribution in [0.5, 0.6) is 0 Å². The second-order valence-corrected chi connectivity index (χ2v) is 5.76. The number of amides is 1. The van der Waals surface area contributed by atoms with Gasteiger partial charge in [-0.1, -0.05) is 17.7 Å². The summed E-state index contributed by atoms with van der Waals surface area (Å²) >= 11 is 6.06. The van der Waals surface area contributed by atoms with Crippen LogP contribution in [0.3, 0.4) is 0 Å². The maximum absolute atomic E-state index is 14.0. The predicted molar refractivity (Wildman–Crippen MR) is 92.6 cm³/mol. The molecule has 0 aliphatic carbocycles. The number of aromatic amines is 1. The molecule has 0 fully saturated rings. The normalized spacial score (nSPS) is 10.5. The van der Waals surface area contributed by atoms with Crippen molar-refractivity contribution >= 4 is 29.0 Å². The first-order valence-corrected chi connectivity index (χ1v) is 7.74. The molecule has 1 aromatic carbocycles. The SMILES string of the molecule is Cc1ccc(F)c(C(=O)c2c[nH]c(C(=O)Nc3cccnc3)c2)c1Cl. The number of nitrogens with one attached hydrogen (secondary N) is 2. The fraction of sp³-hybridized carbons (Fsp3) is 0.0556. The number of nitrogens with zero attached hydrogens (tertiary/aromatic N) is 1. The number of aromatic nitrogens is 2. The number of aryl methyl sites for hydroxylation is 1. The maximum atomic E-state index is 14.0. The molecule has 5 nitrogen and oxygen atoms in total. The van der Waals surface area contributed by atoms with Crippen molar-refractivity contribution in [3.8, 4) is 0 Å². The van der Waals surface area contributed by atoms with Gasteiger partial charge in [-0.3, -0.25) is 14.6 Å². The number of halogens is 2. The van der Waals surface area contributed by atoms with Crippen molar-refractivity contribution < 1.29 is 14.0 Å². The van der Waals surface area contributed by atoms with Crippen LogP contribution in [0.1, 0.15) is 32.0 Å². The molecule has 0 saturated heterocycles. The Morgan fingerprint density at radius 1 is 1.28 bits per heavy atom. The van der Waals surface area contributed by atoms with E-state index in [4.69, 9.17) is 11.6 Å². The zero-order valence-corrected chi connectivity index (χ0v) is 13.9. The molecule has 3 rings (SSSR count). The second-order valence-electron chi connectivity index (χ2n) is 5.38. The van der Waals surface area contributed by atoms with E-state index in [9.17, 15) is 14.0 Å². The number of ketones is 1. The van der Waals surface area contributed by atoms with Crippen LogP contribution >= 0.6 is 11.6 Å². The Balaban J connectivity index is 1.85. The topological polar surface area (TPSA) is 74.8 Å². The number of rotatable bonds is 4. The minimum absolute atomic E-state index is 0.0626. The average Bonchev–Trinajstić information content (AvgIpc) is 3.09. The van der Waals surface area contributed by atoms with E-state index < -0.39 is 17.5 Å². The van der Waals surface area contributed by atoms with Gasteiger partial charge in [-0.25, -0.2) is 4.39 Å². The highest BCUT2D eigenvalue weighted by Gasteiger charge is 2.21. The fourth-order valence-corrected chi connectivity index (χ4v) is 2.54. The number of carbonyl (C=O) groups is 2. The molecule has 0 aliphatic rings. The van der Waals surface area contributed by atoms with Gasteiger partial charge in [-0.15, -0.1) is 0 Å². The van der Waals surface area contributed by atoms with Crippen LogP contribution in [-0.4, -0.2) is 21.7 Å². The first kappa shape index (κ1) is 16.9. The van der Waals surface area contributed by atoms with Crippen molar-refractivity contribution in [3.05, 3.63) is 82.1 Å². The molecule has 0 saturated carbocycles. The van der Waals surface area contributed by atoms with Crippen LogP contribution in [0.25, 0.3) is 0 Å². The van der Waals surface area contributed by atoms with Crippen LogP contribution in [0.15, 0.2) is 48.9 Å². The van der Waals surface area contributed by atoms with Gasteiger partial charge in [0.05, 0.1) is 22.5 Å². The van der Waals surface area contributed by atoms with Gasteiger partial charge >= 0.3 is 0 Å². The van der Waals surface area contributed by atoms with Crippen LogP contribution < -0.4 is 5.32 Å². The molecule has 7 heteroatoms. The van der Waals surface area contributed by atoms with Gasteiger partial charge in [0.2, 0.25) is 0 Å². The zero-order chi connectivity index (χ0) is 18.0. The van der Waals surface area contributed by atoms with Crippen molar-refractivity contribution in [2.45, 2.75) is 6.92 Å². The highest BCUT2D eigenvalue weighted by molar-refractivity contribution is 6.35. The number of hydrogen-bond donors (Lipinski definition) is 2. The number of anilines is 1. The van der Waals surface area contributed by atoms with E-state index in [1.54, 1.807) is 25.3 Å². The zero-order valence-electron chi connectivity index (χ0n) is 13.1. The van der Waals surface area contributed by atoms with Crippen molar-refractivity contribution in [3.63, 3.8) is 0 Å². The van der Waals surface area contributed by atoms with Crippen molar-refractivity contribution in [1.29, 1.82) is 0 Å². The molecule has 0 atom stereocenters. The summed E-state index contributed by atoms with van der Waals surface area (Å²) in [4.78, 5) is 31.3. The lowest BCUT2D eigenvalue weighted by atomic mass is 10.0. The summed E-state index contributed by atoms with van der Waals surface area (Å²) in [5.41, 5.74) is 1.21. The van der Waals surface area contributed by atoms with Gasteiger partial charge in [-0.2, -0.15) is 0 Å². The largest absolute Gasteiger partial charge is 0.356 e. The lowest BCUT2D eigenvalue weighted by Crippen LogP contribution is -2.12. The molecule has 2 N–H and O–H groups in total. The summed E-state index contributed by atoms with van der Waals surface area (Å²) in [5, 5.41) is 2.70. The molecule has 25 heavy (non-hydrogen) atoms. The number of pyridine rings is 1. The minimum Gasteiger partial charge on any atom is -0.356 e. The van der Waals surface area contributed by atoms with Crippen molar-refractivity contribution in [2.75, 3.05) is 5.32 Å². The lowest BCUT2D eigenvalue weighted by molar-refractivity contribution is 0.102. The van der Waals surface area contributed by atoms with Crippen LogP contribution in [0.4, 0.5) is 10.1 Å². The van der Waals surface area contributed by atoms with E-state index in [1.165, 1.54) is 30.6 Å². The van der Waals surface area contributed by atoms with Gasteiger partial charge in [0, 0.05) is 18.0 Å². The first-order valence-electron chi connectivity index (χ1n) is 7.36. The Morgan fingerprint density at radius 2 is 2.08 bits per heavy atom. The number of hydrogen-bond acceptors (Lipinski definition) is 3. The van der Waals surface area contributed by atoms with Gasteiger partial charge < -0.3 is 10.3 Å². The molecule has 3 aromatic rings. The number of carbonyl (C=O) groups excluding carboxylic acids is 2. The van der Waals surface area contributed by atoms with Gasteiger partial charge in [0.15, 0.2) is 5.78 Å². The smallest absolute Gasteiger partial charge is 0.272 e. The first-order chi connectivity index (χ1) is 12.0. The Labute approximate surface area is 147 Å². The Hall–Kier alpha value is -2.99. The Kier molecular flexibility index (Phi) is 4.63. The Bertz CT molecular complexity index is 954. The second kappa shape index (κ2) is 6.86. The quantitative estimate of drug-likeness (QED) is 0.693. The van der Waals surface area contributed by atoms with Crippen molar-refractivity contribution in [2.24, 2.45) is 0 Å². The number of H-pyrrole nitrogens is 1. The molecule has 2 heterocycles. The average molecular weight is 358 g/mol. The molecular formula is C18H13ClFN3O2. The number of benzene rings is 1. The van der Waals surface area contributed by atoms with Crippen LogP contribution in [-0.2, 0) is 0 Å². The Morgan fingerprint density at radius 3 is 2.80 bits per heavy atom. The lowest BCUT2D eigenvalue weighted by Gasteiger charge is -2.06. The minimum atomic E-state index is -0.705. The summed E-state index contributed by atoms with van der Waals surface area (Å²) in [6, 6.07) is 7.41. The molecule has 0 unspecified atom stereocenters. The molecule has 0 spiro atoms. The summed E-state index contributed by atoms with van der Waals surface area (Å²) in [6.07, 6.45) is 4.43. The third-order valence-electron chi connectivity index (χ3n) is 3.62. The summed E-state index contributed by atoms with van der Waals surface area (Å²) < 4.78 is 14.0. The third-order valence-corrected chi connectivity index (χ3v) is 4.11. The fourth-order valence-electron chi connectivity index (χ4n) is 2.30. The van der Waals surface area contributed by atoms with Crippen LogP contribution in [0, 0.1) is 12.7 Å². The molecule has 1 amide bonds. The van der Waals surface area contributed by atoms with E-state index in [-0.39, 0.29) is 21.8 Å². The van der Waals surface area contributed by atoms with E-state index >= 15 is 0 Å². The van der Waals surface area contributed by atoms with E-state index in [2.05, 4.69) is 15.3 Å². The molecule has 0 radical (unpaired) electrons. The van der Waals surface area contributed by atoms with Gasteiger partial charge in [-0.05, 0) is 36.8 Å².